The second kappa shape index (κ2) is 2.28. The lowest BCUT2D eigenvalue weighted by molar-refractivity contribution is -0.123. The second-order valence-electron chi connectivity index (χ2n) is 2.59. The summed E-state index contributed by atoms with van der Waals surface area (Å²) in [6, 6.07) is 4.24. The molecule has 0 radical (unpaired) electrons. The summed E-state index contributed by atoms with van der Waals surface area (Å²) in [5.74, 6) is -1.13. The number of carbonyl (C=O) groups excluding carboxylic acids is 1. The van der Waals surface area contributed by atoms with Gasteiger partial charge in [-0.25, -0.2) is 4.39 Å². The molecular formula is C8H6FNO2. The molecule has 62 valence electrons. The minimum Gasteiger partial charge on any atom is -0.378 e. The van der Waals surface area contributed by atoms with E-state index in [1.165, 1.54) is 12.1 Å². The number of rotatable bonds is 0. The van der Waals surface area contributed by atoms with Crippen LogP contribution in [-0.2, 0) is 4.79 Å². The van der Waals surface area contributed by atoms with E-state index in [4.69, 9.17) is 0 Å². The van der Waals surface area contributed by atoms with Crippen LogP contribution in [0.4, 0.5) is 10.1 Å². The zero-order valence-electron chi connectivity index (χ0n) is 6.04. The van der Waals surface area contributed by atoms with E-state index in [1.807, 2.05) is 0 Å². The Bertz CT molecular complexity index is 351. The van der Waals surface area contributed by atoms with E-state index in [2.05, 4.69) is 5.32 Å². The van der Waals surface area contributed by atoms with Crippen molar-refractivity contribution in [3.63, 3.8) is 0 Å². The Kier molecular flexibility index (Phi) is 1.38. The monoisotopic (exact) mass is 167 g/mol. The highest BCUT2D eigenvalue weighted by molar-refractivity contribution is 6.01. The van der Waals surface area contributed by atoms with Crippen molar-refractivity contribution in [3.8, 4) is 0 Å². The molecule has 12 heavy (non-hydrogen) atoms. The van der Waals surface area contributed by atoms with Crippen LogP contribution in [0.1, 0.15) is 11.7 Å². The van der Waals surface area contributed by atoms with Gasteiger partial charge in [0, 0.05) is 5.56 Å². The van der Waals surface area contributed by atoms with E-state index in [9.17, 15) is 14.3 Å². The largest absolute Gasteiger partial charge is 0.378 e. The first-order valence-corrected chi connectivity index (χ1v) is 3.47. The van der Waals surface area contributed by atoms with Gasteiger partial charge in [-0.2, -0.15) is 0 Å². The molecule has 0 fully saturated rings. The smallest absolute Gasteiger partial charge is 0.258 e. The van der Waals surface area contributed by atoms with E-state index in [-0.39, 0.29) is 5.56 Å². The van der Waals surface area contributed by atoms with Gasteiger partial charge in [0.2, 0.25) is 0 Å². The van der Waals surface area contributed by atoms with Crippen molar-refractivity contribution in [2.24, 2.45) is 0 Å². The average Bonchev–Trinajstić information content (AvgIpc) is 2.29. The molecule has 1 atom stereocenters. The summed E-state index contributed by atoms with van der Waals surface area (Å²) in [6.45, 7) is 0. The molecule has 0 aliphatic carbocycles. The first-order chi connectivity index (χ1) is 5.70. The number of nitrogens with one attached hydrogen (secondary N) is 1. The van der Waals surface area contributed by atoms with Gasteiger partial charge >= 0.3 is 0 Å². The quantitative estimate of drug-likeness (QED) is 0.600. The molecule has 3 nitrogen and oxygen atoms in total. The minimum atomic E-state index is -1.36. The van der Waals surface area contributed by atoms with Gasteiger partial charge in [-0.3, -0.25) is 4.79 Å². The number of hydrogen-bond acceptors (Lipinski definition) is 2. The SMILES string of the molecule is O=C1Nc2cccc(F)c2C1O. The number of halogens is 1. The number of anilines is 1. The fourth-order valence-electron chi connectivity index (χ4n) is 1.26. The number of carbonyl (C=O) groups is 1. The fourth-order valence-corrected chi connectivity index (χ4v) is 1.26. The Labute approximate surface area is 67.8 Å². The average molecular weight is 167 g/mol. The molecule has 0 saturated carbocycles. The van der Waals surface area contributed by atoms with Gasteiger partial charge in [0.1, 0.15) is 5.82 Å². The molecular weight excluding hydrogens is 161 g/mol. The predicted molar refractivity (Wildman–Crippen MR) is 40.0 cm³/mol. The zero-order valence-corrected chi connectivity index (χ0v) is 6.04. The molecule has 1 aromatic rings. The maximum Gasteiger partial charge on any atom is 0.258 e. The van der Waals surface area contributed by atoms with E-state index in [1.54, 1.807) is 6.07 Å². The van der Waals surface area contributed by atoms with Gasteiger partial charge in [0.05, 0.1) is 5.69 Å². The van der Waals surface area contributed by atoms with Crippen molar-refractivity contribution >= 4 is 11.6 Å². The summed E-state index contributed by atoms with van der Waals surface area (Å²) in [6.07, 6.45) is -1.36. The van der Waals surface area contributed by atoms with Crippen LogP contribution in [0.5, 0.6) is 0 Å². The summed E-state index contributed by atoms with van der Waals surface area (Å²) in [5.41, 5.74) is 0.398. The number of aliphatic hydroxyl groups is 1. The molecule has 0 saturated heterocycles. The lowest BCUT2D eigenvalue weighted by Crippen LogP contribution is -2.11. The van der Waals surface area contributed by atoms with E-state index in [0.29, 0.717) is 5.69 Å². The third-order valence-corrected chi connectivity index (χ3v) is 1.83. The normalized spacial score (nSPS) is 20.5. The highest BCUT2D eigenvalue weighted by Gasteiger charge is 2.30. The highest BCUT2D eigenvalue weighted by Crippen LogP contribution is 2.32. The summed E-state index contributed by atoms with van der Waals surface area (Å²) in [7, 11) is 0. The lowest BCUT2D eigenvalue weighted by atomic mass is 10.1. The Morgan fingerprint density at radius 2 is 2.25 bits per heavy atom. The number of fused-ring (bicyclic) bond motifs is 1. The molecule has 0 spiro atoms. The van der Waals surface area contributed by atoms with Gasteiger partial charge in [-0.15, -0.1) is 0 Å². The molecule has 0 bridgehead atoms. The summed E-state index contributed by atoms with van der Waals surface area (Å²) < 4.78 is 13.0. The van der Waals surface area contributed by atoms with Crippen LogP contribution in [0.3, 0.4) is 0 Å². The van der Waals surface area contributed by atoms with Gasteiger partial charge in [-0.05, 0) is 12.1 Å². The predicted octanol–water partition coefficient (Wildman–Crippen LogP) is 0.811. The van der Waals surface area contributed by atoms with E-state index in [0.717, 1.165) is 0 Å². The van der Waals surface area contributed by atoms with Gasteiger partial charge in [0.15, 0.2) is 6.10 Å². The second-order valence-corrected chi connectivity index (χ2v) is 2.59. The standard InChI is InChI=1S/C8H6FNO2/c9-4-2-1-3-5-6(4)7(11)8(12)10-5/h1-3,7,11H,(H,10,12). The van der Waals surface area contributed by atoms with Crippen LogP contribution >= 0.6 is 0 Å². The molecule has 4 heteroatoms. The molecule has 1 aliphatic rings. The van der Waals surface area contributed by atoms with Gasteiger partial charge in [0.25, 0.3) is 5.91 Å². The van der Waals surface area contributed by atoms with Crippen LogP contribution in [0.2, 0.25) is 0 Å². The maximum absolute atomic E-state index is 13.0. The molecule has 2 N–H and O–H groups in total. The first-order valence-electron chi connectivity index (χ1n) is 3.47. The molecule has 1 amide bonds. The van der Waals surface area contributed by atoms with Crippen molar-refractivity contribution in [1.29, 1.82) is 0 Å². The van der Waals surface area contributed by atoms with Crippen LogP contribution in [0.25, 0.3) is 0 Å². The highest BCUT2D eigenvalue weighted by atomic mass is 19.1. The number of aliphatic hydroxyl groups excluding tert-OH is 1. The molecule has 2 rings (SSSR count). The van der Waals surface area contributed by atoms with Crippen molar-refractivity contribution in [3.05, 3.63) is 29.6 Å². The Hall–Kier alpha value is -1.42. The van der Waals surface area contributed by atoms with Gasteiger partial charge < -0.3 is 10.4 Å². The van der Waals surface area contributed by atoms with Crippen molar-refractivity contribution in [2.45, 2.75) is 6.10 Å². The summed E-state index contributed by atoms with van der Waals surface area (Å²) in [5, 5.41) is 11.5. The van der Waals surface area contributed by atoms with Crippen LogP contribution in [0, 0.1) is 5.82 Å². The molecule has 1 unspecified atom stereocenters. The van der Waals surface area contributed by atoms with Crippen molar-refractivity contribution in [1.82, 2.24) is 0 Å². The maximum atomic E-state index is 13.0. The van der Waals surface area contributed by atoms with Crippen molar-refractivity contribution < 1.29 is 14.3 Å². The summed E-state index contributed by atoms with van der Waals surface area (Å²) in [4.78, 5) is 10.9. The number of benzene rings is 1. The Morgan fingerprint density at radius 1 is 1.50 bits per heavy atom. The fraction of sp³-hybridized carbons (Fsp3) is 0.125. The molecule has 1 aliphatic heterocycles. The summed E-state index contributed by atoms with van der Waals surface area (Å²) >= 11 is 0. The van der Waals surface area contributed by atoms with E-state index >= 15 is 0 Å². The van der Waals surface area contributed by atoms with E-state index < -0.39 is 17.8 Å². The number of hydrogen-bond donors (Lipinski definition) is 2. The van der Waals surface area contributed by atoms with Crippen LogP contribution in [-0.4, -0.2) is 11.0 Å². The lowest BCUT2D eigenvalue weighted by Gasteiger charge is -2.00. The first kappa shape index (κ1) is 7.24. The number of amides is 1. The topological polar surface area (TPSA) is 49.3 Å². The third kappa shape index (κ3) is 0.816. The molecule has 1 aromatic carbocycles. The third-order valence-electron chi connectivity index (χ3n) is 1.83. The zero-order chi connectivity index (χ0) is 8.72. The van der Waals surface area contributed by atoms with Crippen molar-refractivity contribution in [2.75, 3.05) is 5.32 Å². The van der Waals surface area contributed by atoms with Crippen LogP contribution < -0.4 is 5.32 Å². The Balaban J connectivity index is 2.62. The molecule has 0 aromatic heterocycles. The minimum absolute atomic E-state index is 0.0440. The molecule has 1 heterocycles. The Morgan fingerprint density at radius 3 is 2.92 bits per heavy atom. The van der Waals surface area contributed by atoms with Gasteiger partial charge in [-0.1, -0.05) is 6.07 Å². The van der Waals surface area contributed by atoms with Crippen LogP contribution in [0.15, 0.2) is 18.2 Å².